The van der Waals surface area contributed by atoms with Gasteiger partial charge in [0, 0.05) is 12.0 Å². The Labute approximate surface area is 229 Å². The first-order chi connectivity index (χ1) is 18.9. The van der Waals surface area contributed by atoms with Crippen LogP contribution in [0, 0.1) is 0 Å². The van der Waals surface area contributed by atoms with E-state index in [2.05, 4.69) is 4.98 Å². The molecule has 0 radical (unpaired) electrons. The van der Waals surface area contributed by atoms with Gasteiger partial charge in [-0.15, -0.1) is 0 Å². The number of amides is 1. The molecule has 0 bridgehead atoms. The molecule has 2 atom stereocenters. The molecular formula is C30H26N2O6S. The van der Waals surface area contributed by atoms with Crippen molar-refractivity contribution in [2.45, 2.75) is 32.4 Å². The normalized spacial score (nSPS) is 19.8. The van der Waals surface area contributed by atoms with E-state index in [1.54, 1.807) is 43.5 Å². The van der Waals surface area contributed by atoms with Gasteiger partial charge in [0.25, 0.3) is 5.78 Å². The molecule has 2 aliphatic heterocycles. The second kappa shape index (κ2) is 9.74. The molecule has 1 N–H and O–H groups in total. The highest BCUT2D eigenvalue weighted by Gasteiger charge is 2.48. The maximum Gasteiger partial charge on any atom is 0.301 e. The van der Waals surface area contributed by atoms with Crippen LogP contribution in [0.15, 0.2) is 66.2 Å². The number of hydrogen-bond donors (Lipinski definition) is 1. The van der Waals surface area contributed by atoms with Crippen molar-refractivity contribution in [1.82, 2.24) is 4.98 Å². The zero-order valence-electron chi connectivity index (χ0n) is 21.6. The minimum Gasteiger partial charge on any atom is -0.507 e. The molecular weight excluding hydrogens is 516 g/mol. The third kappa shape index (κ3) is 4.28. The molecule has 4 aromatic rings. The summed E-state index contributed by atoms with van der Waals surface area (Å²) in [5, 5.41) is 11.9. The van der Waals surface area contributed by atoms with Crippen molar-refractivity contribution in [2.75, 3.05) is 18.6 Å². The molecule has 1 aromatic heterocycles. The molecule has 0 unspecified atom stereocenters. The van der Waals surface area contributed by atoms with E-state index >= 15 is 0 Å². The predicted molar refractivity (Wildman–Crippen MR) is 149 cm³/mol. The number of aromatic nitrogens is 1. The number of fused-ring (bicyclic) bond motifs is 2. The second-order valence-electron chi connectivity index (χ2n) is 9.46. The number of carbonyl (C=O) groups is 2. The van der Waals surface area contributed by atoms with E-state index in [-0.39, 0.29) is 17.4 Å². The van der Waals surface area contributed by atoms with Crippen LogP contribution in [0.25, 0.3) is 16.0 Å². The van der Waals surface area contributed by atoms with Crippen LogP contribution in [0.1, 0.15) is 36.6 Å². The molecule has 3 aromatic carbocycles. The lowest BCUT2D eigenvalue weighted by Crippen LogP contribution is -2.29. The number of ether oxygens (including phenoxy) is 3. The lowest BCUT2D eigenvalue weighted by molar-refractivity contribution is -0.132. The fraction of sp³-hybridized carbons (Fsp3) is 0.233. The number of thiazole rings is 1. The fourth-order valence-electron chi connectivity index (χ4n) is 5.11. The summed E-state index contributed by atoms with van der Waals surface area (Å²) in [6.07, 6.45) is 0.729. The highest BCUT2D eigenvalue weighted by molar-refractivity contribution is 7.22. The van der Waals surface area contributed by atoms with Crippen LogP contribution in [-0.4, -0.2) is 41.6 Å². The van der Waals surface area contributed by atoms with Crippen LogP contribution in [0.2, 0.25) is 0 Å². The van der Waals surface area contributed by atoms with Crippen molar-refractivity contribution in [2.24, 2.45) is 0 Å². The quantitative estimate of drug-likeness (QED) is 0.191. The standard InChI is InChI=1S/C30H26N2O6S/c1-4-37-21-10-11-22-24(15-21)39-30(31-22)32-26(17-5-8-20(36-3)9-6-17)25(28(34)29(32)35)27(33)18-7-12-23-19(14-18)13-16(2)38-23/h5-12,14-16,26,33H,4,13H2,1-3H3/t16-,26+/m1/s1. The molecule has 1 fully saturated rings. The Morgan fingerprint density at radius 3 is 2.62 bits per heavy atom. The molecule has 1 amide bonds. The van der Waals surface area contributed by atoms with Crippen molar-refractivity contribution in [1.29, 1.82) is 0 Å². The van der Waals surface area contributed by atoms with E-state index in [0.717, 1.165) is 16.0 Å². The van der Waals surface area contributed by atoms with Gasteiger partial charge in [-0.1, -0.05) is 23.5 Å². The zero-order chi connectivity index (χ0) is 27.3. The van der Waals surface area contributed by atoms with Crippen molar-refractivity contribution in [3.63, 3.8) is 0 Å². The molecule has 3 heterocycles. The number of benzene rings is 3. The van der Waals surface area contributed by atoms with Crippen molar-refractivity contribution >= 4 is 44.1 Å². The average Bonchev–Trinajstić information content (AvgIpc) is 3.60. The third-order valence-corrected chi connectivity index (χ3v) is 7.93. The Balaban J connectivity index is 1.50. The molecule has 6 rings (SSSR count). The summed E-state index contributed by atoms with van der Waals surface area (Å²) in [6.45, 7) is 4.41. The highest BCUT2D eigenvalue weighted by atomic mass is 32.1. The molecule has 1 saturated heterocycles. The van der Waals surface area contributed by atoms with E-state index in [0.29, 0.717) is 46.3 Å². The van der Waals surface area contributed by atoms with Crippen molar-refractivity contribution < 1.29 is 28.9 Å². The van der Waals surface area contributed by atoms with E-state index in [4.69, 9.17) is 14.2 Å². The number of hydrogen-bond acceptors (Lipinski definition) is 8. The number of nitrogens with zero attached hydrogens (tertiary/aromatic N) is 2. The molecule has 8 nitrogen and oxygen atoms in total. The number of carbonyl (C=O) groups excluding carboxylic acids is 2. The minimum atomic E-state index is -0.883. The van der Waals surface area contributed by atoms with Crippen LogP contribution >= 0.6 is 11.3 Å². The van der Waals surface area contributed by atoms with Gasteiger partial charge in [-0.25, -0.2) is 4.98 Å². The number of aliphatic hydroxyl groups is 1. The third-order valence-electron chi connectivity index (χ3n) is 6.91. The smallest absolute Gasteiger partial charge is 0.301 e. The predicted octanol–water partition coefficient (Wildman–Crippen LogP) is 5.65. The van der Waals surface area contributed by atoms with Gasteiger partial charge in [-0.3, -0.25) is 14.5 Å². The summed E-state index contributed by atoms with van der Waals surface area (Å²) in [7, 11) is 1.57. The number of ketones is 1. The monoisotopic (exact) mass is 542 g/mol. The molecule has 0 saturated carbocycles. The lowest BCUT2D eigenvalue weighted by atomic mass is 9.94. The first-order valence-electron chi connectivity index (χ1n) is 12.7. The maximum atomic E-state index is 13.6. The summed E-state index contributed by atoms with van der Waals surface area (Å²) < 4.78 is 17.5. The number of Topliss-reactive ketones (excluding diaryl/α,β-unsaturated/α-hetero) is 1. The van der Waals surface area contributed by atoms with Crippen molar-refractivity contribution in [3.05, 3.63) is 82.9 Å². The van der Waals surface area contributed by atoms with E-state index in [9.17, 15) is 14.7 Å². The Morgan fingerprint density at radius 1 is 1.10 bits per heavy atom. The van der Waals surface area contributed by atoms with Crippen molar-refractivity contribution in [3.8, 4) is 17.2 Å². The van der Waals surface area contributed by atoms with Crippen LogP contribution in [0.5, 0.6) is 17.2 Å². The molecule has 39 heavy (non-hydrogen) atoms. The van der Waals surface area contributed by atoms with Gasteiger partial charge in [0.2, 0.25) is 0 Å². The highest BCUT2D eigenvalue weighted by Crippen LogP contribution is 2.45. The molecule has 2 aliphatic rings. The molecule has 9 heteroatoms. The van der Waals surface area contributed by atoms with Crippen LogP contribution in [0.4, 0.5) is 5.13 Å². The molecule has 198 valence electrons. The lowest BCUT2D eigenvalue weighted by Gasteiger charge is -2.23. The Kier molecular flexibility index (Phi) is 6.23. The van der Waals surface area contributed by atoms with Gasteiger partial charge in [0.05, 0.1) is 35.5 Å². The van der Waals surface area contributed by atoms with Crippen LogP contribution in [-0.2, 0) is 16.0 Å². The number of rotatable bonds is 6. The zero-order valence-corrected chi connectivity index (χ0v) is 22.5. The van der Waals surface area contributed by atoms with Gasteiger partial charge in [0.1, 0.15) is 29.1 Å². The Hall–Kier alpha value is -4.37. The van der Waals surface area contributed by atoms with Gasteiger partial charge in [0.15, 0.2) is 5.13 Å². The topological polar surface area (TPSA) is 98.2 Å². The molecule has 0 spiro atoms. The number of aliphatic hydroxyl groups excluding tert-OH is 1. The number of methoxy groups -OCH3 is 1. The van der Waals surface area contributed by atoms with Gasteiger partial charge in [-0.2, -0.15) is 0 Å². The fourth-order valence-corrected chi connectivity index (χ4v) is 6.13. The van der Waals surface area contributed by atoms with Gasteiger partial charge < -0.3 is 19.3 Å². The van der Waals surface area contributed by atoms with E-state index in [1.165, 1.54) is 16.2 Å². The van der Waals surface area contributed by atoms with E-state index < -0.39 is 17.7 Å². The first kappa shape index (κ1) is 24.9. The van der Waals surface area contributed by atoms with Gasteiger partial charge >= 0.3 is 5.91 Å². The minimum absolute atomic E-state index is 0.00587. The van der Waals surface area contributed by atoms with Gasteiger partial charge in [-0.05, 0) is 73.5 Å². The largest absolute Gasteiger partial charge is 0.507 e. The SMILES string of the molecule is CCOc1ccc2nc(N3C(=O)C(=O)C(=C(O)c4ccc5c(c4)C[C@@H](C)O5)[C@@H]3c3ccc(OC)cc3)sc2c1. The Bertz CT molecular complexity index is 1640. The van der Waals surface area contributed by atoms with E-state index in [1.807, 2.05) is 38.1 Å². The first-order valence-corrected chi connectivity index (χ1v) is 13.5. The van der Waals surface area contributed by atoms with Crippen LogP contribution < -0.4 is 19.1 Å². The Morgan fingerprint density at radius 2 is 1.87 bits per heavy atom. The second-order valence-corrected chi connectivity index (χ2v) is 10.5. The average molecular weight is 543 g/mol. The number of anilines is 1. The summed E-state index contributed by atoms with van der Waals surface area (Å²) in [6, 6.07) is 17.0. The summed E-state index contributed by atoms with van der Waals surface area (Å²) in [4.78, 5) is 33.2. The summed E-state index contributed by atoms with van der Waals surface area (Å²) in [5.74, 6) is 0.328. The summed E-state index contributed by atoms with van der Waals surface area (Å²) >= 11 is 1.29. The van der Waals surface area contributed by atoms with Crippen LogP contribution in [0.3, 0.4) is 0 Å². The maximum absolute atomic E-state index is 13.6. The molecule has 0 aliphatic carbocycles. The summed E-state index contributed by atoms with van der Waals surface area (Å²) in [5.41, 5.74) is 2.73.